The van der Waals surface area contributed by atoms with Crippen LogP contribution in [0, 0.1) is 11.3 Å². The molecule has 0 spiro atoms. The molecule has 1 heterocycles. The van der Waals surface area contributed by atoms with E-state index in [9.17, 15) is 0 Å². The molecule has 0 saturated heterocycles. The van der Waals surface area contributed by atoms with E-state index in [1.807, 2.05) is 13.1 Å². The first kappa shape index (κ1) is 13.5. The Morgan fingerprint density at radius 2 is 1.76 bits per heavy atom. The van der Waals surface area contributed by atoms with E-state index < -0.39 is 0 Å². The van der Waals surface area contributed by atoms with Crippen molar-refractivity contribution in [2.75, 3.05) is 11.9 Å². The van der Waals surface area contributed by atoms with E-state index in [4.69, 9.17) is 5.26 Å². The fraction of sp³-hybridized carbons (Fsp3) is 0.211. The molecule has 3 rings (SSSR count). The first-order valence-electron chi connectivity index (χ1n) is 7.09. The van der Waals surface area contributed by atoms with Crippen molar-refractivity contribution in [2.24, 2.45) is 0 Å². The van der Waals surface area contributed by atoms with Crippen LogP contribution in [0.5, 0.6) is 0 Å². The third kappa shape index (κ3) is 2.02. The zero-order valence-electron chi connectivity index (χ0n) is 12.6. The quantitative estimate of drug-likeness (QED) is 0.716. The summed E-state index contributed by atoms with van der Waals surface area (Å²) >= 11 is 0. The van der Waals surface area contributed by atoms with Crippen LogP contribution in [0.15, 0.2) is 60.3 Å². The molecule has 0 saturated carbocycles. The van der Waals surface area contributed by atoms with Crippen molar-refractivity contribution in [3.05, 3.63) is 65.9 Å². The van der Waals surface area contributed by atoms with E-state index >= 15 is 0 Å². The Hall–Kier alpha value is -2.53. The first-order chi connectivity index (χ1) is 10.1. The van der Waals surface area contributed by atoms with E-state index in [2.05, 4.69) is 67.3 Å². The minimum atomic E-state index is -0.148. The Morgan fingerprint density at radius 3 is 2.43 bits per heavy atom. The highest BCUT2D eigenvalue weighted by molar-refractivity contribution is 5.76. The molecule has 0 radical (unpaired) electrons. The van der Waals surface area contributed by atoms with Crippen LogP contribution < -0.4 is 4.90 Å². The van der Waals surface area contributed by atoms with Crippen molar-refractivity contribution in [1.29, 1.82) is 5.26 Å². The van der Waals surface area contributed by atoms with Gasteiger partial charge in [-0.15, -0.1) is 0 Å². The van der Waals surface area contributed by atoms with E-state index in [1.54, 1.807) is 6.08 Å². The van der Waals surface area contributed by atoms with Crippen LogP contribution in [0.1, 0.15) is 19.4 Å². The number of anilines is 1. The number of allylic oxidation sites excluding steroid dienone is 2. The molecule has 104 valence electrons. The summed E-state index contributed by atoms with van der Waals surface area (Å²) in [6.45, 7) is 4.35. The molecule has 2 aromatic carbocycles. The van der Waals surface area contributed by atoms with Gasteiger partial charge in [0.05, 0.1) is 6.07 Å². The molecule has 0 bridgehead atoms. The molecular weight excluding hydrogens is 256 g/mol. The maximum atomic E-state index is 9.04. The minimum absolute atomic E-state index is 0.148. The molecule has 0 aromatic heterocycles. The van der Waals surface area contributed by atoms with Crippen molar-refractivity contribution in [3.63, 3.8) is 0 Å². The van der Waals surface area contributed by atoms with E-state index in [0.717, 1.165) is 5.70 Å². The fourth-order valence-corrected chi connectivity index (χ4v) is 3.16. The van der Waals surface area contributed by atoms with Crippen LogP contribution in [0.25, 0.3) is 11.1 Å². The van der Waals surface area contributed by atoms with Crippen LogP contribution in [0.3, 0.4) is 0 Å². The second-order valence-corrected chi connectivity index (χ2v) is 5.94. The molecule has 0 fully saturated rings. The molecule has 0 amide bonds. The van der Waals surface area contributed by atoms with Gasteiger partial charge in [-0.2, -0.15) is 5.26 Å². The maximum absolute atomic E-state index is 9.04. The zero-order valence-corrected chi connectivity index (χ0v) is 12.6. The van der Waals surface area contributed by atoms with Crippen molar-refractivity contribution in [3.8, 4) is 17.2 Å². The third-order valence-electron chi connectivity index (χ3n) is 4.34. The summed E-state index contributed by atoms with van der Waals surface area (Å²) in [5.41, 5.74) is 5.79. The van der Waals surface area contributed by atoms with Gasteiger partial charge in [-0.25, -0.2) is 0 Å². The number of nitrogens with zero attached hydrogens (tertiary/aromatic N) is 2. The van der Waals surface area contributed by atoms with Crippen LogP contribution in [0.4, 0.5) is 5.69 Å². The minimum Gasteiger partial charge on any atom is -0.346 e. The smallest absolute Gasteiger partial charge is 0.0930 e. The Bertz CT molecular complexity index is 749. The van der Waals surface area contributed by atoms with Crippen molar-refractivity contribution in [1.82, 2.24) is 0 Å². The lowest BCUT2D eigenvalue weighted by Crippen LogP contribution is -2.22. The molecule has 2 nitrogen and oxygen atoms in total. The van der Waals surface area contributed by atoms with Gasteiger partial charge in [-0.1, -0.05) is 50.2 Å². The van der Waals surface area contributed by atoms with Crippen molar-refractivity contribution < 1.29 is 0 Å². The van der Waals surface area contributed by atoms with Gasteiger partial charge >= 0.3 is 0 Å². The molecule has 1 aliphatic heterocycles. The molecule has 0 aliphatic carbocycles. The number of fused-ring (bicyclic) bond motifs is 1. The van der Waals surface area contributed by atoms with Gasteiger partial charge in [-0.05, 0) is 28.8 Å². The van der Waals surface area contributed by atoms with Gasteiger partial charge in [0.1, 0.15) is 0 Å². The number of hydrogen-bond acceptors (Lipinski definition) is 2. The summed E-state index contributed by atoms with van der Waals surface area (Å²) in [4.78, 5) is 2.12. The SMILES string of the molecule is CN1C(=CC#N)C(C)(C)c2cc(-c3ccccc3)ccc21. The monoisotopic (exact) mass is 274 g/mol. The maximum Gasteiger partial charge on any atom is 0.0930 e. The van der Waals surface area contributed by atoms with E-state index in [-0.39, 0.29) is 5.41 Å². The lowest BCUT2D eigenvalue weighted by atomic mass is 9.82. The van der Waals surface area contributed by atoms with Crippen molar-refractivity contribution in [2.45, 2.75) is 19.3 Å². The van der Waals surface area contributed by atoms with Crippen molar-refractivity contribution >= 4 is 5.69 Å². The summed E-state index contributed by atoms with van der Waals surface area (Å²) < 4.78 is 0. The fourth-order valence-electron chi connectivity index (χ4n) is 3.16. The molecule has 0 unspecified atom stereocenters. The first-order valence-corrected chi connectivity index (χ1v) is 7.09. The second kappa shape index (κ2) is 4.79. The summed E-state index contributed by atoms with van der Waals surface area (Å²) in [7, 11) is 2.03. The highest BCUT2D eigenvalue weighted by Crippen LogP contribution is 2.47. The highest BCUT2D eigenvalue weighted by atomic mass is 15.2. The zero-order chi connectivity index (χ0) is 15.0. The lowest BCUT2D eigenvalue weighted by molar-refractivity contribution is 0.640. The van der Waals surface area contributed by atoms with Gasteiger partial charge < -0.3 is 4.90 Å². The Morgan fingerprint density at radius 1 is 1.05 bits per heavy atom. The number of hydrogen-bond donors (Lipinski definition) is 0. The van der Waals surface area contributed by atoms with Crippen LogP contribution in [0.2, 0.25) is 0 Å². The summed E-state index contributed by atoms with van der Waals surface area (Å²) in [5.74, 6) is 0. The van der Waals surface area contributed by atoms with Crippen LogP contribution in [-0.2, 0) is 5.41 Å². The average Bonchev–Trinajstić information content (AvgIpc) is 2.69. The Kier molecular flexibility index (Phi) is 3.07. The molecule has 0 atom stereocenters. The second-order valence-electron chi connectivity index (χ2n) is 5.94. The predicted molar refractivity (Wildman–Crippen MR) is 87.0 cm³/mol. The number of nitriles is 1. The van der Waals surface area contributed by atoms with Gasteiger partial charge in [0.2, 0.25) is 0 Å². The van der Waals surface area contributed by atoms with Gasteiger partial charge in [0, 0.05) is 29.9 Å². The van der Waals surface area contributed by atoms with Gasteiger partial charge in [0.15, 0.2) is 0 Å². The molecule has 1 aliphatic rings. The normalized spacial score (nSPS) is 17.6. The van der Waals surface area contributed by atoms with E-state index in [0.29, 0.717) is 0 Å². The van der Waals surface area contributed by atoms with Gasteiger partial charge in [0.25, 0.3) is 0 Å². The molecule has 21 heavy (non-hydrogen) atoms. The average molecular weight is 274 g/mol. The predicted octanol–water partition coefficient (Wildman–Crippen LogP) is 4.49. The van der Waals surface area contributed by atoms with E-state index in [1.165, 1.54) is 22.4 Å². The largest absolute Gasteiger partial charge is 0.346 e. The molecule has 2 aromatic rings. The Balaban J connectivity index is 2.16. The lowest BCUT2D eigenvalue weighted by Gasteiger charge is -2.23. The number of rotatable bonds is 1. The summed E-state index contributed by atoms with van der Waals surface area (Å²) in [6.07, 6.45) is 1.65. The molecule has 0 N–H and O–H groups in total. The Labute approximate surface area is 126 Å². The highest BCUT2D eigenvalue weighted by Gasteiger charge is 2.38. The number of likely N-dealkylation sites (N-methyl/N-ethyl adjacent to an activating group) is 1. The molecular formula is C19H18N2. The standard InChI is InChI=1S/C19H18N2/c1-19(2)16-13-15(14-7-5-4-6-8-14)9-10-17(16)21(3)18(19)11-12-20/h4-11,13H,1-3H3. The van der Waals surface area contributed by atoms with Gasteiger partial charge in [-0.3, -0.25) is 0 Å². The third-order valence-corrected chi connectivity index (χ3v) is 4.34. The van der Waals surface area contributed by atoms with Crippen LogP contribution >= 0.6 is 0 Å². The topological polar surface area (TPSA) is 27.0 Å². The summed E-state index contributed by atoms with van der Waals surface area (Å²) in [5, 5.41) is 9.04. The van der Waals surface area contributed by atoms with Crippen LogP contribution in [-0.4, -0.2) is 7.05 Å². The summed E-state index contributed by atoms with van der Waals surface area (Å²) in [6, 6.07) is 19.1. The molecule has 2 heteroatoms. The number of benzene rings is 2.